The molecule has 4 amide bonds. The first-order valence-corrected chi connectivity index (χ1v) is 14.3. The van der Waals surface area contributed by atoms with Gasteiger partial charge in [-0.25, -0.2) is 4.90 Å². The van der Waals surface area contributed by atoms with Crippen molar-refractivity contribution in [2.75, 3.05) is 9.80 Å². The van der Waals surface area contributed by atoms with Gasteiger partial charge in [0.25, 0.3) is 0 Å². The summed E-state index contributed by atoms with van der Waals surface area (Å²) in [4.78, 5) is 58.6. The number of imide groups is 2. The molecule has 3 aromatic rings. The lowest BCUT2D eigenvalue weighted by Crippen LogP contribution is -2.48. The second kappa shape index (κ2) is 9.87. The van der Waals surface area contributed by atoms with E-state index in [4.69, 9.17) is 4.42 Å². The number of rotatable bonds is 5. The molecule has 0 radical (unpaired) electrons. The number of amides is 4. The average Bonchev–Trinajstić information content (AvgIpc) is 3.64. The molecule has 6 unspecified atom stereocenters. The van der Waals surface area contributed by atoms with Gasteiger partial charge in [-0.2, -0.15) is 0 Å². The van der Waals surface area contributed by atoms with E-state index in [0.29, 0.717) is 17.2 Å². The molecule has 3 heterocycles. The number of carbonyl (C=O) groups excluding carboxylic acids is 4. The molecule has 2 saturated heterocycles. The van der Waals surface area contributed by atoms with Crippen molar-refractivity contribution in [2.45, 2.75) is 32.3 Å². The van der Waals surface area contributed by atoms with Crippen LogP contribution in [0, 0.1) is 29.1 Å². The van der Waals surface area contributed by atoms with Gasteiger partial charge >= 0.3 is 7.12 Å². The molecule has 2 aliphatic carbocycles. The van der Waals surface area contributed by atoms with Crippen LogP contribution in [0.5, 0.6) is 0 Å². The minimum absolute atomic E-state index is 0.147. The molecule has 11 heteroatoms. The van der Waals surface area contributed by atoms with Crippen LogP contribution >= 0.6 is 0 Å². The van der Waals surface area contributed by atoms with Gasteiger partial charge in [0.05, 0.1) is 40.5 Å². The summed E-state index contributed by atoms with van der Waals surface area (Å²) >= 11 is 0. The molecule has 3 fully saturated rings. The number of hydrogen-bond acceptors (Lipinski definition) is 8. The first-order chi connectivity index (χ1) is 20.7. The minimum Gasteiger partial charge on any atom is -0.463 e. The number of hydrogen-bond donors (Lipinski definition) is 3. The van der Waals surface area contributed by atoms with E-state index >= 15 is 0 Å². The number of furan rings is 1. The molecule has 3 N–H and O–H groups in total. The van der Waals surface area contributed by atoms with E-state index in [1.54, 1.807) is 61.5 Å². The van der Waals surface area contributed by atoms with Crippen molar-refractivity contribution in [1.29, 1.82) is 0 Å². The van der Waals surface area contributed by atoms with Gasteiger partial charge in [0.1, 0.15) is 18.1 Å². The highest BCUT2D eigenvalue weighted by Crippen LogP contribution is 2.63. The summed E-state index contributed by atoms with van der Waals surface area (Å²) in [7, 11) is -1.77. The van der Waals surface area contributed by atoms with Crippen LogP contribution in [0.3, 0.4) is 0 Å². The molecule has 1 saturated carbocycles. The average molecular weight is 580 g/mol. The number of aliphatic hydroxyl groups is 1. The molecule has 1 aromatic heterocycles. The quantitative estimate of drug-likeness (QED) is 0.236. The van der Waals surface area contributed by atoms with Gasteiger partial charge in [0.15, 0.2) is 0 Å². The van der Waals surface area contributed by atoms with Crippen LogP contribution in [-0.2, 0) is 25.8 Å². The maximum atomic E-state index is 14.3. The van der Waals surface area contributed by atoms with Crippen LogP contribution < -0.4 is 15.3 Å². The summed E-state index contributed by atoms with van der Waals surface area (Å²) < 4.78 is 6.02. The fourth-order valence-electron chi connectivity index (χ4n) is 7.85. The van der Waals surface area contributed by atoms with Gasteiger partial charge in [0, 0.05) is 0 Å². The predicted molar refractivity (Wildman–Crippen MR) is 154 cm³/mol. The zero-order chi connectivity index (χ0) is 30.2. The molecule has 4 aliphatic rings. The van der Waals surface area contributed by atoms with Crippen molar-refractivity contribution in [2.24, 2.45) is 29.1 Å². The number of carbonyl (C=O) groups is 4. The highest BCUT2D eigenvalue weighted by atomic mass is 16.4. The van der Waals surface area contributed by atoms with Gasteiger partial charge in [-0.05, 0) is 67.5 Å². The topological polar surface area (TPSA) is 149 Å². The number of para-hydroxylation sites is 1. The highest BCUT2D eigenvalue weighted by molar-refractivity contribution is 6.58. The Bertz CT molecular complexity index is 1700. The van der Waals surface area contributed by atoms with Crippen LogP contribution in [-0.4, -0.2) is 45.9 Å². The third kappa shape index (κ3) is 3.85. The number of aliphatic hydroxyl groups excluding tert-OH is 1. The van der Waals surface area contributed by atoms with Gasteiger partial charge in [-0.15, -0.1) is 0 Å². The highest BCUT2D eigenvalue weighted by Gasteiger charge is 2.68. The number of anilines is 2. The molecule has 43 heavy (non-hydrogen) atoms. The van der Waals surface area contributed by atoms with Crippen LogP contribution in [0.15, 0.2) is 82.8 Å². The third-order valence-electron chi connectivity index (χ3n) is 9.84. The molecule has 2 aliphatic heterocycles. The van der Waals surface area contributed by atoms with Crippen molar-refractivity contribution in [3.8, 4) is 0 Å². The standard InChI is InChI=1S/C32H29BN2O8/c1-32-24(29(38)35(31(32)40)18-7-3-2-4-8-18)15-23-21(27(32)25-13-10-20(16-36)43-25)11-12-22-26(23)30(39)34(28(22)37)19-9-5-6-17(14-19)33(41)42/h2-11,13-14,22-24,26-27,36,41-42H,12,15-16H2,1H3. The maximum absolute atomic E-state index is 14.3. The Morgan fingerprint density at radius 2 is 1.63 bits per heavy atom. The second-order valence-electron chi connectivity index (χ2n) is 11.9. The van der Waals surface area contributed by atoms with E-state index in [1.807, 2.05) is 6.08 Å². The summed E-state index contributed by atoms with van der Waals surface area (Å²) in [5.41, 5.74) is 0.395. The first-order valence-electron chi connectivity index (χ1n) is 14.3. The van der Waals surface area contributed by atoms with Crippen LogP contribution in [0.25, 0.3) is 0 Å². The summed E-state index contributed by atoms with van der Waals surface area (Å²) in [5, 5.41) is 29.1. The van der Waals surface area contributed by atoms with Crippen molar-refractivity contribution in [3.05, 3.63) is 89.9 Å². The molecular formula is C32H29BN2O8. The van der Waals surface area contributed by atoms with Gasteiger partial charge < -0.3 is 19.6 Å². The summed E-state index contributed by atoms with van der Waals surface area (Å²) in [5.74, 6) is -4.28. The van der Waals surface area contributed by atoms with Gasteiger partial charge in [-0.3, -0.25) is 24.1 Å². The number of nitrogens with zero attached hydrogens (tertiary/aromatic N) is 2. The lowest BCUT2D eigenvalue weighted by Gasteiger charge is -2.48. The third-order valence-corrected chi connectivity index (χ3v) is 9.84. The summed E-state index contributed by atoms with van der Waals surface area (Å²) in [6, 6.07) is 18.1. The summed E-state index contributed by atoms with van der Waals surface area (Å²) in [6.07, 6.45) is 2.38. The Kier molecular flexibility index (Phi) is 6.32. The van der Waals surface area contributed by atoms with Gasteiger partial charge in [-0.1, -0.05) is 42.0 Å². The Morgan fingerprint density at radius 1 is 0.884 bits per heavy atom. The number of allylic oxidation sites excluding steroid dienone is 2. The molecule has 0 bridgehead atoms. The number of benzene rings is 2. The minimum atomic E-state index is -1.77. The Balaban J connectivity index is 1.34. The van der Waals surface area contributed by atoms with Crippen molar-refractivity contribution < 1.29 is 38.7 Å². The van der Waals surface area contributed by atoms with E-state index in [0.717, 1.165) is 10.5 Å². The Labute approximate surface area is 247 Å². The van der Waals surface area contributed by atoms with Crippen LogP contribution in [0.4, 0.5) is 11.4 Å². The lowest BCUT2D eigenvalue weighted by molar-refractivity contribution is -0.131. The predicted octanol–water partition coefficient (Wildman–Crippen LogP) is 1.89. The van der Waals surface area contributed by atoms with Crippen molar-refractivity contribution >= 4 is 47.6 Å². The zero-order valence-electron chi connectivity index (χ0n) is 23.3. The van der Waals surface area contributed by atoms with Crippen molar-refractivity contribution in [3.63, 3.8) is 0 Å². The fraction of sp³-hybridized carbons (Fsp3) is 0.312. The summed E-state index contributed by atoms with van der Waals surface area (Å²) in [6.45, 7) is 1.43. The monoisotopic (exact) mass is 580 g/mol. The van der Waals surface area contributed by atoms with E-state index in [2.05, 4.69) is 0 Å². The fourth-order valence-corrected chi connectivity index (χ4v) is 7.85. The van der Waals surface area contributed by atoms with E-state index in [1.165, 1.54) is 17.0 Å². The van der Waals surface area contributed by atoms with Crippen LogP contribution in [0.2, 0.25) is 0 Å². The largest absolute Gasteiger partial charge is 0.488 e. The first kappa shape index (κ1) is 27.5. The Morgan fingerprint density at radius 3 is 2.33 bits per heavy atom. The van der Waals surface area contributed by atoms with E-state index in [-0.39, 0.29) is 48.3 Å². The Hall–Kier alpha value is -4.32. The second-order valence-corrected chi connectivity index (χ2v) is 11.9. The van der Waals surface area contributed by atoms with Gasteiger partial charge in [0.2, 0.25) is 23.6 Å². The lowest BCUT2D eigenvalue weighted by atomic mass is 9.52. The van der Waals surface area contributed by atoms with E-state index in [9.17, 15) is 34.3 Å². The SMILES string of the molecule is CC12C(=O)N(c3ccccc3)C(=O)C1CC1C(=CCC3C(=O)N(c4cccc(B(O)O)c4)C(=O)C31)C2c1ccc(CO)o1. The van der Waals surface area contributed by atoms with E-state index < -0.39 is 48.0 Å². The number of fused-ring (bicyclic) bond motifs is 4. The zero-order valence-corrected chi connectivity index (χ0v) is 23.3. The van der Waals surface area contributed by atoms with Crippen molar-refractivity contribution in [1.82, 2.24) is 0 Å². The molecule has 10 nitrogen and oxygen atoms in total. The smallest absolute Gasteiger partial charge is 0.463 e. The molecule has 0 spiro atoms. The maximum Gasteiger partial charge on any atom is 0.488 e. The normalized spacial score (nSPS) is 29.9. The van der Waals surface area contributed by atoms with Crippen LogP contribution in [0.1, 0.15) is 37.2 Å². The molecule has 218 valence electrons. The molecule has 2 aromatic carbocycles. The molecule has 6 atom stereocenters. The molecule has 7 rings (SSSR count). The molecular weight excluding hydrogens is 551 g/mol.